The fraction of sp³-hybridized carbons (Fsp3) is 0.563. The molecule has 0 saturated heterocycles. The number of Topliss-reactive ketones (excluding diaryl/α,β-unsaturated/α-hetero) is 5. The zero-order valence-corrected chi connectivity index (χ0v) is 78.1. The van der Waals surface area contributed by atoms with Crippen LogP contribution in [-0.2, 0) is 104 Å². The molecule has 0 fully saturated rings. The maximum Gasteiger partial charge on any atom is 0.249 e. The van der Waals surface area contributed by atoms with E-state index in [9.17, 15) is 97.5 Å². The topological polar surface area (TPSA) is 434 Å². The van der Waals surface area contributed by atoms with Gasteiger partial charge in [-0.25, -0.2) is 0 Å². The first-order valence-corrected chi connectivity index (χ1v) is 44.4. The van der Waals surface area contributed by atoms with Crippen molar-refractivity contribution >= 4 is 88.0 Å². The van der Waals surface area contributed by atoms with Crippen molar-refractivity contribution in [2.75, 3.05) is 68.0 Å². The van der Waals surface area contributed by atoms with E-state index >= 15 is 0 Å². The van der Waals surface area contributed by atoms with E-state index in [2.05, 4.69) is 26.6 Å². The number of nitrogens with zero attached hydrogens (tertiary/aromatic N) is 5. The van der Waals surface area contributed by atoms with E-state index in [1.165, 1.54) is 23.6 Å². The summed E-state index contributed by atoms with van der Waals surface area (Å²) in [7, 11) is 8.47. The fourth-order valence-corrected chi connectivity index (χ4v) is 15.3. The first kappa shape index (κ1) is 102. The van der Waals surface area contributed by atoms with Gasteiger partial charge in [0.25, 0.3) is 0 Å². The molecular weight excluding hydrogens is 1700 g/mol. The van der Waals surface area contributed by atoms with Crippen LogP contribution in [0.3, 0.4) is 0 Å². The SMILES string of the molecule is C.C.C.CC(C)[C@H](O)C(=O)C[C@@H](C)C(=O)N[C@@H]1C(=O)N(C)CCc2ccccc21.CC(C)[C@H](O)C(=O)C[C@@H](C)C(=O)N[C@@H]1C(=O)N(C)CCc2ccccc21.CC(C)[C@H](O)C(=O)C[C@@H](C)C(=O)N[C@@H]1C(=O)N(C)CCc2ccccc21.[2H]C([2H])([2H])C([2H])(C)[C@H](O)C(=O)C[C@@H](C)C(=O)N[C@@H]1C(=O)N(C)CCc2ccccc21.[2H]C([2H])([2H])C([2H])(C)[C@H](O)C(=O)C[C@@H](C)C(=O)N[C@@H]1C(=O)N(C)CCc2ccccc21. The highest BCUT2D eigenvalue weighted by molar-refractivity contribution is 5.98. The molecule has 2 unspecified atom stereocenters. The number of aliphatic hydroxyl groups is 5. The normalized spacial score (nSPS) is 21.1. The number of aliphatic hydroxyl groups excluding tert-OH is 5. The maximum atomic E-state index is 12.8. The van der Waals surface area contributed by atoms with Crippen LogP contribution in [0.5, 0.6) is 0 Å². The van der Waals surface area contributed by atoms with Gasteiger partial charge in [-0.1, -0.05) is 247 Å². The van der Waals surface area contributed by atoms with E-state index < -0.39 is 152 Å². The molecule has 0 bridgehead atoms. The number of ketones is 5. The quantitative estimate of drug-likeness (QED) is 0.0205. The van der Waals surface area contributed by atoms with Crippen molar-refractivity contribution in [3.63, 3.8) is 0 Å². The molecule has 5 aliphatic heterocycles. The Bertz CT molecular complexity index is 4750. The highest BCUT2D eigenvalue weighted by Crippen LogP contribution is 2.32. The Kier molecular flexibility index (Phi) is 41.9. The number of amides is 10. The van der Waals surface area contributed by atoms with Crippen molar-refractivity contribution in [3.8, 4) is 0 Å². The predicted octanol–water partition coefficient (Wildman–Crippen LogP) is 9.26. The highest BCUT2D eigenvalue weighted by Gasteiger charge is 2.40. The Morgan fingerprint density at radius 2 is 0.444 bits per heavy atom. The van der Waals surface area contributed by atoms with Crippen LogP contribution in [-0.4, -0.2) is 237 Å². The molecular formula is C103H152N10O20. The summed E-state index contributed by atoms with van der Waals surface area (Å²) < 4.78 is 59.7. The summed E-state index contributed by atoms with van der Waals surface area (Å²) >= 11 is 0. The van der Waals surface area contributed by atoms with Crippen LogP contribution in [0.1, 0.15) is 255 Å². The second-order valence-electron chi connectivity index (χ2n) is 35.8. The summed E-state index contributed by atoms with van der Waals surface area (Å²) in [6.07, 6.45) is -4.88. The summed E-state index contributed by atoms with van der Waals surface area (Å²) in [5, 5.41) is 63.5. The molecule has 30 nitrogen and oxygen atoms in total. The third-order valence-corrected chi connectivity index (χ3v) is 24.1. The van der Waals surface area contributed by atoms with Crippen molar-refractivity contribution in [1.82, 2.24) is 51.1 Å². The molecule has 133 heavy (non-hydrogen) atoms. The number of hydrogen-bond acceptors (Lipinski definition) is 20. The first-order valence-electron chi connectivity index (χ1n) is 48.4. The molecule has 5 heterocycles. The van der Waals surface area contributed by atoms with Crippen molar-refractivity contribution in [2.45, 2.75) is 251 Å². The molecule has 0 aliphatic carbocycles. The van der Waals surface area contributed by atoms with Crippen LogP contribution < -0.4 is 26.6 Å². The molecule has 10 rings (SSSR count). The molecule has 0 radical (unpaired) electrons. The molecule has 30 heteroatoms. The number of rotatable bonds is 30. The average Bonchev–Trinajstić information content (AvgIpc) is 1.77. The minimum Gasteiger partial charge on any atom is -0.385 e. The lowest BCUT2D eigenvalue weighted by atomic mass is 9.94. The van der Waals surface area contributed by atoms with Gasteiger partial charge >= 0.3 is 0 Å². The Morgan fingerprint density at radius 1 is 0.293 bits per heavy atom. The third-order valence-electron chi connectivity index (χ3n) is 24.1. The molecule has 17 atom stereocenters. The number of carbonyl (C=O) groups is 15. The Hall–Kier alpha value is -11.1. The van der Waals surface area contributed by atoms with Crippen LogP contribution in [0.4, 0.5) is 0 Å². The predicted molar refractivity (Wildman–Crippen MR) is 512 cm³/mol. The maximum absolute atomic E-state index is 12.8. The minimum absolute atomic E-state index is 0. The smallest absolute Gasteiger partial charge is 0.249 e. The summed E-state index contributed by atoms with van der Waals surface area (Å²) in [4.78, 5) is 196. The molecule has 5 aromatic rings. The van der Waals surface area contributed by atoms with Crippen LogP contribution in [0.2, 0.25) is 0 Å². The second kappa shape index (κ2) is 54.3. The number of fused-ring (bicyclic) bond motifs is 5. The fourth-order valence-electron chi connectivity index (χ4n) is 15.3. The van der Waals surface area contributed by atoms with E-state index in [1.54, 1.807) is 137 Å². The summed E-state index contributed by atoms with van der Waals surface area (Å²) in [5.41, 5.74) is 8.80. The van der Waals surface area contributed by atoms with Gasteiger partial charge in [-0.2, -0.15) is 0 Å². The van der Waals surface area contributed by atoms with Crippen LogP contribution >= 0.6 is 0 Å². The monoisotopic (exact) mass is 1860 g/mol. The molecule has 5 aromatic carbocycles. The van der Waals surface area contributed by atoms with Gasteiger partial charge in [0, 0.05) is 141 Å². The summed E-state index contributed by atoms with van der Waals surface area (Å²) in [6.45, 7) is 17.3. The van der Waals surface area contributed by atoms with Gasteiger partial charge in [0.1, 0.15) is 60.7 Å². The van der Waals surface area contributed by atoms with E-state index in [0.29, 0.717) is 56.7 Å². The minimum atomic E-state index is -2.87. The number of benzene rings is 5. The highest BCUT2D eigenvalue weighted by atomic mass is 16.3. The average molecular weight is 1860 g/mol. The van der Waals surface area contributed by atoms with Crippen LogP contribution in [0.15, 0.2) is 121 Å². The molecule has 0 spiro atoms. The Labute approximate surface area is 798 Å². The number of carbonyl (C=O) groups excluding carboxylic acids is 15. The summed E-state index contributed by atoms with van der Waals surface area (Å²) in [6, 6.07) is 33.4. The van der Waals surface area contributed by atoms with E-state index in [0.717, 1.165) is 77.6 Å². The zero-order valence-electron chi connectivity index (χ0n) is 86.1. The van der Waals surface area contributed by atoms with Gasteiger partial charge in [0.15, 0.2) is 28.9 Å². The van der Waals surface area contributed by atoms with Gasteiger partial charge in [-0.3, -0.25) is 71.9 Å². The van der Waals surface area contributed by atoms with E-state index in [1.807, 2.05) is 97.1 Å². The van der Waals surface area contributed by atoms with Crippen molar-refractivity contribution < 1.29 is 108 Å². The number of hydrogen-bond donors (Lipinski definition) is 10. The lowest BCUT2D eigenvalue weighted by Crippen LogP contribution is -2.43. The Morgan fingerprint density at radius 3 is 0.594 bits per heavy atom. The zero-order chi connectivity index (χ0) is 104. The molecule has 734 valence electrons. The van der Waals surface area contributed by atoms with E-state index in [-0.39, 0.29) is 124 Å². The number of likely N-dealkylation sites (N-methyl/N-ethyl adjacent to an activating group) is 5. The van der Waals surface area contributed by atoms with Gasteiger partial charge in [-0.05, 0) is 117 Å². The third kappa shape index (κ3) is 32.6. The number of nitrogens with one attached hydrogen (secondary N) is 5. The standard InChI is InChI=1S/5C20H28N2O4.3CH4/c5*1-12(2)18(24)16(23)11-13(3)19(25)21-17-15-8-6-5-7-14(15)9-10-22(4)20(17)26;;;/h5*5-8,12-13,17-18,24H,9-11H2,1-4H3,(H,21,25);3*1H4/t5*13-,17+,18+;;;/m11111.../s1/i2*1D3,12D;;;;;;/t2*12?,13-,17+,18+;;;;;;. The van der Waals surface area contributed by atoms with E-state index in [4.69, 9.17) is 11.0 Å². The second-order valence-corrected chi connectivity index (χ2v) is 35.8. The van der Waals surface area contributed by atoms with Gasteiger partial charge in [0.2, 0.25) is 59.1 Å². The largest absolute Gasteiger partial charge is 0.385 e. The molecule has 10 amide bonds. The lowest BCUT2D eigenvalue weighted by Gasteiger charge is -2.24. The van der Waals surface area contributed by atoms with Crippen molar-refractivity contribution in [3.05, 3.63) is 177 Å². The Balaban J connectivity index is 0.000000451. The van der Waals surface area contributed by atoms with Crippen LogP contribution in [0.25, 0.3) is 0 Å². The lowest BCUT2D eigenvalue weighted by molar-refractivity contribution is -0.138. The summed E-state index contributed by atoms with van der Waals surface area (Å²) in [5.74, 6) is -15.2. The molecule has 5 aliphatic rings. The molecule has 10 N–H and O–H groups in total. The van der Waals surface area contributed by atoms with Crippen molar-refractivity contribution in [1.29, 1.82) is 0 Å². The van der Waals surface area contributed by atoms with Gasteiger partial charge in [-0.15, -0.1) is 0 Å². The molecule has 0 aromatic heterocycles. The van der Waals surface area contributed by atoms with Crippen LogP contribution in [0, 0.1) is 59.1 Å². The van der Waals surface area contributed by atoms with Gasteiger partial charge < -0.3 is 76.6 Å². The van der Waals surface area contributed by atoms with Crippen molar-refractivity contribution in [2.24, 2.45) is 59.1 Å². The van der Waals surface area contributed by atoms with Gasteiger partial charge in [0.05, 0.1) is 0 Å². The molecule has 0 saturated carbocycles. The first-order chi connectivity index (χ1) is 64.2.